The second-order valence-electron chi connectivity index (χ2n) is 4.54. The minimum absolute atomic E-state index is 0.120. The monoisotopic (exact) mass is 346 g/mol. The molecule has 0 aromatic heterocycles. The highest BCUT2D eigenvalue weighted by molar-refractivity contribution is 9.10. The van der Waals surface area contributed by atoms with Gasteiger partial charge in [0, 0.05) is 5.56 Å². The van der Waals surface area contributed by atoms with Gasteiger partial charge in [-0.05, 0) is 34.5 Å². The molecule has 1 N–H and O–H groups in total. The summed E-state index contributed by atoms with van der Waals surface area (Å²) < 4.78 is 27.7. The summed E-state index contributed by atoms with van der Waals surface area (Å²) in [7, 11) is 0. The van der Waals surface area contributed by atoms with E-state index in [4.69, 9.17) is 0 Å². The van der Waals surface area contributed by atoms with Crippen LogP contribution >= 0.6 is 15.9 Å². The normalized spacial score (nSPS) is 19.2. The molecular formula is C13H13BrF2N2O2. The maximum Gasteiger partial charge on any atom is 0.245 e. The number of nitrogens with zero attached hydrogens (tertiary/aromatic N) is 1. The minimum atomic E-state index is -0.753. The molecule has 1 heterocycles. The third-order valence-electron chi connectivity index (χ3n) is 3.18. The standard InChI is InChI=1S/C13H13BrF2N2O2/c1-2-10-13(20)18(6-11(19)17-10)5-7-9(15)4-3-8(14)12(7)16/h3-4,10H,2,5-6H2,1H3,(H,17,19). The van der Waals surface area contributed by atoms with Crippen LogP contribution < -0.4 is 5.32 Å². The van der Waals surface area contributed by atoms with Crippen molar-refractivity contribution >= 4 is 27.7 Å². The minimum Gasteiger partial charge on any atom is -0.343 e. The first-order valence-corrected chi connectivity index (χ1v) is 6.93. The topological polar surface area (TPSA) is 49.4 Å². The van der Waals surface area contributed by atoms with Crippen molar-refractivity contribution < 1.29 is 18.4 Å². The van der Waals surface area contributed by atoms with Crippen molar-refractivity contribution in [3.8, 4) is 0 Å². The Balaban J connectivity index is 2.27. The van der Waals surface area contributed by atoms with Gasteiger partial charge in [-0.15, -0.1) is 0 Å². The van der Waals surface area contributed by atoms with E-state index in [1.54, 1.807) is 6.92 Å². The fourth-order valence-electron chi connectivity index (χ4n) is 2.09. The third-order valence-corrected chi connectivity index (χ3v) is 3.79. The Kier molecular flexibility index (Phi) is 4.37. The van der Waals surface area contributed by atoms with E-state index in [-0.39, 0.29) is 34.9 Å². The summed E-state index contributed by atoms with van der Waals surface area (Å²) in [4.78, 5) is 24.7. The number of hydrogen-bond donors (Lipinski definition) is 1. The lowest BCUT2D eigenvalue weighted by molar-refractivity contribution is -0.145. The Bertz CT molecular complexity index is 566. The highest BCUT2D eigenvalue weighted by Crippen LogP contribution is 2.23. The number of hydrogen-bond acceptors (Lipinski definition) is 2. The van der Waals surface area contributed by atoms with Gasteiger partial charge in [-0.1, -0.05) is 6.92 Å². The molecule has 4 nitrogen and oxygen atoms in total. The zero-order valence-corrected chi connectivity index (χ0v) is 12.3. The smallest absolute Gasteiger partial charge is 0.245 e. The van der Waals surface area contributed by atoms with E-state index in [1.165, 1.54) is 11.0 Å². The van der Waals surface area contributed by atoms with Crippen LogP contribution in [0.1, 0.15) is 18.9 Å². The Hall–Kier alpha value is -1.50. The van der Waals surface area contributed by atoms with Gasteiger partial charge in [-0.25, -0.2) is 8.78 Å². The molecule has 1 aliphatic heterocycles. The molecule has 2 rings (SSSR count). The molecule has 1 aromatic carbocycles. The van der Waals surface area contributed by atoms with Gasteiger partial charge in [0.05, 0.1) is 17.6 Å². The maximum absolute atomic E-state index is 13.9. The van der Waals surface area contributed by atoms with Crippen molar-refractivity contribution in [2.45, 2.75) is 25.9 Å². The predicted molar refractivity (Wildman–Crippen MR) is 71.7 cm³/mol. The van der Waals surface area contributed by atoms with Crippen molar-refractivity contribution in [2.24, 2.45) is 0 Å². The summed E-state index contributed by atoms with van der Waals surface area (Å²) in [6.07, 6.45) is 0.435. The summed E-state index contributed by atoms with van der Waals surface area (Å²) in [5, 5.41) is 2.55. The molecule has 7 heteroatoms. The number of carbonyl (C=O) groups is 2. The Labute approximate surface area is 123 Å². The maximum atomic E-state index is 13.9. The molecule has 2 amide bonds. The highest BCUT2D eigenvalue weighted by Gasteiger charge is 2.32. The van der Waals surface area contributed by atoms with Gasteiger partial charge in [0.1, 0.15) is 17.7 Å². The first-order valence-electron chi connectivity index (χ1n) is 6.14. The van der Waals surface area contributed by atoms with E-state index in [0.29, 0.717) is 6.42 Å². The molecule has 1 aromatic rings. The van der Waals surface area contributed by atoms with Gasteiger partial charge >= 0.3 is 0 Å². The fraction of sp³-hybridized carbons (Fsp3) is 0.385. The van der Waals surface area contributed by atoms with E-state index >= 15 is 0 Å². The molecule has 108 valence electrons. The zero-order chi connectivity index (χ0) is 14.9. The van der Waals surface area contributed by atoms with Gasteiger partial charge in [-0.3, -0.25) is 9.59 Å². The predicted octanol–water partition coefficient (Wildman–Crippen LogP) is 1.96. The van der Waals surface area contributed by atoms with E-state index in [2.05, 4.69) is 21.2 Å². The van der Waals surface area contributed by atoms with Crippen molar-refractivity contribution in [3.05, 3.63) is 33.8 Å². The summed E-state index contributed by atoms with van der Waals surface area (Å²) >= 11 is 2.97. The number of rotatable bonds is 3. The zero-order valence-electron chi connectivity index (χ0n) is 10.8. The average molecular weight is 347 g/mol. The fourth-order valence-corrected chi connectivity index (χ4v) is 2.46. The molecule has 1 saturated heterocycles. The second-order valence-corrected chi connectivity index (χ2v) is 5.40. The molecule has 1 atom stereocenters. The first kappa shape index (κ1) is 14.9. The van der Waals surface area contributed by atoms with E-state index in [9.17, 15) is 18.4 Å². The van der Waals surface area contributed by atoms with Crippen LogP contribution in [-0.2, 0) is 16.1 Å². The van der Waals surface area contributed by atoms with Gasteiger partial charge in [0.2, 0.25) is 11.8 Å². The Morgan fingerprint density at radius 1 is 1.40 bits per heavy atom. The number of piperazine rings is 1. The Morgan fingerprint density at radius 2 is 2.10 bits per heavy atom. The summed E-state index contributed by atoms with van der Waals surface area (Å²) in [6, 6.07) is 1.75. The Morgan fingerprint density at radius 3 is 2.75 bits per heavy atom. The van der Waals surface area contributed by atoms with E-state index < -0.39 is 17.7 Å². The quantitative estimate of drug-likeness (QED) is 0.850. The van der Waals surface area contributed by atoms with Crippen LogP contribution in [0, 0.1) is 11.6 Å². The number of carbonyl (C=O) groups excluding carboxylic acids is 2. The largest absolute Gasteiger partial charge is 0.343 e. The van der Waals surface area contributed by atoms with E-state index in [1.807, 2.05) is 0 Å². The molecule has 1 unspecified atom stereocenters. The number of nitrogens with one attached hydrogen (secondary N) is 1. The molecule has 0 saturated carbocycles. The van der Waals surface area contributed by atoms with Crippen LogP contribution in [0.5, 0.6) is 0 Å². The second kappa shape index (κ2) is 5.87. The van der Waals surface area contributed by atoms with Crippen molar-refractivity contribution in [1.29, 1.82) is 0 Å². The highest BCUT2D eigenvalue weighted by atomic mass is 79.9. The van der Waals surface area contributed by atoms with Gasteiger partial charge in [0.25, 0.3) is 0 Å². The lowest BCUT2D eigenvalue weighted by Crippen LogP contribution is -2.57. The molecule has 0 radical (unpaired) electrons. The van der Waals surface area contributed by atoms with Crippen LogP contribution in [0.25, 0.3) is 0 Å². The van der Waals surface area contributed by atoms with Gasteiger partial charge in [0.15, 0.2) is 0 Å². The summed E-state index contributed by atoms with van der Waals surface area (Å²) in [5.41, 5.74) is -0.225. The third kappa shape index (κ3) is 2.82. The van der Waals surface area contributed by atoms with Gasteiger partial charge < -0.3 is 10.2 Å². The van der Waals surface area contributed by atoms with Crippen LogP contribution in [0.4, 0.5) is 8.78 Å². The molecule has 0 spiro atoms. The van der Waals surface area contributed by atoms with Crippen LogP contribution in [0.2, 0.25) is 0 Å². The van der Waals surface area contributed by atoms with Crippen LogP contribution in [-0.4, -0.2) is 29.3 Å². The summed E-state index contributed by atoms with van der Waals surface area (Å²) in [6.45, 7) is 1.30. The molecule has 0 aliphatic carbocycles. The van der Waals surface area contributed by atoms with E-state index in [0.717, 1.165) is 6.07 Å². The molecule has 0 bridgehead atoms. The lowest BCUT2D eigenvalue weighted by atomic mass is 10.1. The van der Waals surface area contributed by atoms with Crippen molar-refractivity contribution in [2.75, 3.05) is 6.54 Å². The number of benzene rings is 1. The van der Waals surface area contributed by atoms with Crippen LogP contribution in [0.15, 0.2) is 16.6 Å². The number of amides is 2. The van der Waals surface area contributed by atoms with Crippen molar-refractivity contribution in [1.82, 2.24) is 10.2 Å². The lowest BCUT2D eigenvalue weighted by Gasteiger charge is -2.32. The van der Waals surface area contributed by atoms with Crippen molar-refractivity contribution in [3.63, 3.8) is 0 Å². The first-order chi connectivity index (χ1) is 9.43. The molecular weight excluding hydrogens is 334 g/mol. The summed E-state index contributed by atoms with van der Waals surface area (Å²) in [5.74, 6) is -2.15. The molecule has 20 heavy (non-hydrogen) atoms. The molecule has 1 fully saturated rings. The molecule has 1 aliphatic rings. The number of halogens is 3. The SMILES string of the molecule is CCC1NC(=O)CN(Cc2c(F)ccc(Br)c2F)C1=O. The average Bonchev–Trinajstić information content (AvgIpc) is 2.42. The van der Waals surface area contributed by atoms with Crippen LogP contribution in [0.3, 0.4) is 0 Å². The van der Waals surface area contributed by atoms with Gasteiger partial charge in [-0.2, -0.15) is 0 Å².